The molecule has 1 aromatic heterocycles. The summed E-state index contributed by atoms with van der Waals surface area (Å²) in [4.78, 5) is 11.1. The van der Waals surface area contributed by atoms with Crippen molar-refractivity contribution in [2.75, 3.05) is 28.4 Å². The van der Waals surface area contributed by atoms with Gasteiger partial charge in [0.15, 0.2) is 16.8 Å². The smallest absolute Gasteiger partial charge is 0.191 e. The Morgan fingerprint density at radius 2 is 2.13 bits per heavy atom. The molecule has 122 valence electrons. The molecule has 0 aliphatic carbocycles. The van der Waals surface area contributed by atoms with E-state index in [1.165, 1.54) is 0 Å². The first-order valence-corrected chi connectivity index (χ1v) is 9.05. The van der Waals surface area contributed by atoms with Gasteiger partial charge in [-0.15, -0.1) is 0 Å². The van der Waals surface area contributed by atoms with Crippen molar-refractivity contribution in [3.05, 3.63) is 33.8 Å². The molecule has 0 fully saturated rings. The molecule has 1 aromatic carbocycles. The first-order valence-electron chi connectivity index (χ1n) is 7.31. The lowest BCUT2D eigenvalue weighted by Gasteiger charge is -2.17. The normalized spacial score (nSPS) is 13.1. The van der Waals surface area contributed by atoms with Crippen molar-refractivity contribution in [1.82, 2.24) is 9.97 Å². The van der Waals surface area contributed by atoms with Gasteiger partial charge in [-0.3, -0.25) is 0 Å². The fraction of sp³-hybridized carbons (Fsp3) is 0.333. The zero-order valence-corrected chi connectivity index (χ0v) is 15.0. The van der Waals surface area contributed by atoms with E-state index in [0.717, 1.165) is 29.2 Å². The summed E-state index contributed by atoms with van der Waals surface area (Å²) in [7, 11) is 0. The number of aromatic nitrogens is 2. The number of rotatable bonds is 5. The molecule has 0 radical (unpaired) electrons. The Morgan fingerprint density at radius 3 is 2.87 bits per heavy atom. The number of anilines is 3. The number of nitrogens with two attached hydrogens (primary N) is 1. The third-order valence-electron chi connectivity index (χ3n) is 3.44. The molecule has 8 heteroatoms. The number of halogens is 2. The van der Waals surface area contributed by atoms with Gasteiger partial charge in [0.05, 0.1) is 16.7 Å². The lowest BCUT2D eigenvalue weighted by atomic mass is 10.2. The van der Waals surface area contributed by atoms with E-state index in [1.54, 1.807) is 17.8 Å². The molecule has 2 aromatic rings. The van der Waals surface area contributed by atoms with Crippen LogP contribution in [0.1, 0.15) is 18.9 Å². The van der Waals surface area contributed by atoms with Gasteiger partial charge in [-0.25, -0.2) is 9.97 Å². The SMILES string of the molecule is CCCSc1nc(N)c2c(n1)N(Cc1ccc(Cl)c(Cl)c1)CN2. The molecule has 0 spiro atoms. The van der Waals surface area contributed by atoms with E-state index in [-0.39, 0.29) is 0 Å². The van der Waals surface area contributed by atoms with E-state index in [4.69, 9.17) is 28.9 Å². The fourth-order valence-electron chi connectivity index (χ4n) is 2.34. The number of thioether (sulfide) groups is 1. The van der Waals surface area contributed by atoms with Gasteiger partial charge >= 0.3 is 0 Å². The van der Waals surface area contributed by atoms with Crippen molar-refractivity contribution in [2.45, 2.75) is 25.0 Å². The largest absolute Gasteiger partial charge is 0.382 e. The average Bonchev–Trinajstić information content (AvgIpc) is 2.92. The molecule has 1 aliphatic rings. The number of hydrogen-bond donors (Lipinski definition) is 2. The van der Waals surface area contributed by atoms with Gasteiger partial charge in [0.1, 0.15) is 5.69 Å². The summed E-state index contributed by atoms with van der Waals surface area (Å²) in [6, 6.07) is 5.64. The molecule has 0 atom stereocenters. The summed E-state index contributed by atoms with van der Waals surface area (Å²) in [5.74, 6) is 2.30. The summed E-state index contributed by atoms with van der Waals surface area (Å²) in [5, 5.41) is 5.08. The van der Waals surface area contributed by atoms with E-state index >= 15 is 0 Å². The second-order valence-electron chi connectivity index (χ2n) is 5.22. The summed E-state index contributed by atoms with van der Waals surface area (Å²) >= 11 is 13.7. The molecule has 2 heterocycles. The molecule has 3 rings (SSSR count). The molecule has 0 saturated carbocycles. The second kappa shape index (κ2) is 7.03. The minimum Gasteiger partial charge on any atom is -0.382 e. The van der Waals surface area contributed by atoms with Crippen molar-refractivity contribution in [1.29, 1.82) is 0 Å². The Kier molecular flexibility index (Phi) is 5.04. The molecule has 5 nitrogen and oxygen atoms in total. The Bertz CT molecular complexity index is 725. The van der Waals surface area contributed by atoms with Gasteiger partial charge < -0.3 is 16.0 Å². The quantitative estimate of drug-likeness (QED) is 0.606. The molecule has 3 N–H and O–H groups in total. The highest BCUT2D eigenvalue weighted by molar-refractivity contribution is 7.99. The van der Waals surface area contributed by atoms with Crippen molar-refractivity contribution in [3.63, 3.8) is 0 Å². The van der Waals surface area contributed by atoms with Gasteiger partial charge in [0, 0.05) is 12.3 Å². The first kappa shape index (κ1) is 16.5. The second-order valence-corrected chi connectivity index (χ2v) is 7.10. The van der Waals surface area contributed by atoms with Crippen molar-refractivity contribution in [2.24, 2.45) is 0 Å². The highest BCUT2D eigenvalue weighted by Crippen LogP contribution is 2.36. The zero-order chi connectivity index (χ0) is 16.4. The minimum atomic E-state index is 0.491. The summed E-state index contributed by atoms with van der Waals surface area (Å²) in [6.45, 7) is 3.43. The minimum absolute atomic E-state index is 0.491. The number of benzene rings is 1. The van der Waals surface area contributed by atoms with Gasteiger partial charge in [0.25, 0.3) is 0 Å². The third kappa shape index (κ3) is 3.59. The van der Waals surface area contributed by atoms with Crippen LogP contribution >= 0.6 is 35.0 Å². The topological polar surface area (TPSA) is 67.1 Å². The molecule has 0 bridgehead atoms. The molecular weight excluding hydrogens is 353 g/mol. The molecule has 0 amide bonds. The summed E-state index contributed by atoms with van der Waals surface area (Å²) in [5.41, 5.74) is 7.91. The monoisotopic (exact) mass is 369 g/mol. The van der Waals surface area contributed by atoms with Crippen LogP contribution in [0.25, 0.3) is 0 Å². The summed E-state index contributed by atoms with van der Waals surface area (Å²) in [6.07, 6.45) is 1.07. The number of nitrogen functional groups attached to an aromatic ring is 1. The van der Waals surface area contributed by atoms with Crippen molar-refractivity contribution < 1.29 is 0 Å². The highest BCUT2D eigenvalue weighted by Gasteiger charge is 2.24. The summed E-state index contributed by atoms with van der Waals surface area (Å²) < 4.78 is 0. The Balaban J connectivity index is 1.84. The van der Waals surface area contributed by atoms with Crippen LogP contribution in [0, 0.1) is 0 Å². The van der Waals surface area contributed by atoms with Crippen molar-refractivity contribution in [3.8, 4) is 0 Å². The Hall–Kier alpha value is -1.37. The van der Waals surface area contributed by atoms with E-state index < -0.39 is 0 Å². The molecule has 0 unspecified atom stereocenters. The third-order valence-corrected chi connectivity index (χ3v) is 5.23. The average molecular weight is 370 g/mol. The zero-order valence-electron chi connectivity index (χ0n) is 12.6. The lowest BCUT2D eigenvalue weighted by molar-refractivity contribution is 0.839. The van der Waals surface area contributed by atoms with Crippen LogP contribution in [0.3, 0.4) is 0 Å². The van der Waals surface area contributed by atoms with Crippen LogP contribution in [0.4, 0.5) is 17.3 Å². The van der Waals surface area contributed by atoms with Crippen molar-refractivity contribution >= 4 is 52.3 Å². The fourth-order valence-corrected chi connectivity index (χ4v) is 3.36. The van der Waals surface area contributed by atoms with Crippen LogP contribution in [-0.4, -0.2) is 22.4 Å². The maximum Gasteiger partial charge on any atom is 0.191 e. The van der Waals surface area contributed by atoms with Gasteiger partial charge in [0.2, 0.25) is 0 Å². The molecular formula is C15H17Cl2N5S. The van der Waals surface area contributed by atoms with Gasteiger partial charge in [-0.2, -0.15) is 0 Å². The predicted molar refractivity (Wildman–Crippen MR) is 98.6 cm³/mol. The maximum atomic E-state index is 6.09. The molecule has 1 aliphatic heterocycles. The van der Waals surface area contributed by atoms with Crippen LogP contribution in [0.15, 0.2) is 23.4 Å². The highest BCUT2D eigenvalue weighted by atomic mass is 35.5. The molecule has 23 heavy (non-hydrogen) atoms. The Labute approximate surface area is 149 Å². The first-order chi connectivity index (χ1) is 11.1. The number of fused-ring (bicyclic) bond motifs is 1. The molecule has 0 saturated heterocycles. The van der Waals surface area contributed by atoms with E-state index in [0.29, 0.717) is 34.2 Å². The lowest BCUT2D eigenvalue weighted by Crippen LogP contribution is -2.22. The van der Waals surface area contributed by atoms with Gasteiger partial charge in [-0.05, 0) is 24.1 Å². The van der Waals surface area contributed by atoms with Crippen LogP contribution in [-0.2, 0) is 6.54 Å². The number of nitrogens with one attached hydrogen (secondary N) is 1. The maximum absolute atomic E-state index is 6.09. The van der Waals surface area contributed by atoms with E-state index in [1.807, 2.05) is 12.1 Å². The van der Waals surface area contributed by atoms with Crippen LogP contribution < -0.4 is 16.0 Å². The standard InChI is InChI=1S/C15H17Cl2N5S/c1-2-5-23-15-20-13(18)12-14(21-15)22(8-19-12)7-9-3-4-10(16)11(17)6-9/h3-4,6,19H,2,5,7-8H2,1H3,(H2,18,20,21). The predicted octanol–water partition coefficient (Wildman–Crippen LogP) is 4.26. The number of hydrogen-bond acceptors (Lipinski definition) is 6. The van der Waals surface area contributed by atoms with Gasteiger partial charge in [-0.1, -0.05) is 48.0 Å². The van der Waals surface area contributed by atoms with E-state index in [2.05, 4.69) is 27.1 Å². The van der Waals surface area contributed by atoms with Crippen LogP contribution in [0.2, 0.25) is 10.0 Å². The van der Waals surface area contributed by atoms with Crippen LogP contribution in [0.5, 0.6) is 0 Å². The van der Waals surface area contributed by atoms with E-state index in [9.17, 15) is 0 Å². The number of nitrogens with zero attached hydrogens (tertiary/aromatic N) is 3. The Morgan fingerprint density at radius 1 is 1.30 bits per heavy atom.